The standard InChI is InChI=1S/C16H24N2/c17-16-6-4-13(5-7-16)8-9-18-11-14-2-1-3-15(10-14)12-18/h4-7,14-15H,1-3,8-12,17H2. The van der Waals surface area contributed by atoms with Crippen LogP contribution in [0.25, 0.3) is 0 Å². The molecule has 0 amide bonds. The van der Waals surface area contributed by atoms with Crippen LogP contribution in [0.5, 0.6) is 0 Å². The molecule has 2 atom stereocenters. The summed E-state index contributed by atoms with van der Waals surface area (Å²) in [5.41, 5.74) is 8.00. The summed E-state index contributed by atoms with van der Waals surface area (Å²) in [7, 11) is 0. The second kappa shape index (κ2) is 5.31. The summed E-state index contributed by atoms with van der Waals surface area (Å²) in [6.07, 6.45) is 7.07. The fourth-order valence-electron chi connectivity index (χ4n) is 3.69. The first-order chi connectivity index (χ1) is 8.79. The molecule has 0 spiro atoms. The summed E-state index contributed by atoms with van der Waals surface area (Å²) in [4.78, 5) is 2.69. The van der Waals surface area contributed by atoms with Crippen molar-refractivity contribution in [2.45, 2.75) is 32.1 Å². The Hall–Kier alpha value is -1.02. The van der Waals surface area contributed by atoms with Crippen molar-refractivity contribution in [3.63, 3.8) is 0 Å². The van der Waals surface area contributed by atoms with E-state index in [1.54, 1.807) is 0 Å². The lowest BCUT2D eigenvalue weighted by atomic mass is 9.78. The second-order valence-electron chi connectivity index (χ2n) is 6.15. The van der Waals surface area contributed by atoms with E-state index in [1.165, 1.54) is 57.3 Å². The van der Waals surface area contributed by atoms with Gasteiger partial charge in [-0.15, -0.1) is 0 Å². The summed E-state index contributed by atoms with van der Waals surface area (Å²) in [5.74, 6) is 1.98. The predicted octanol–water partition coefficient (Wildman–Crippen LogP) is 2.93. The molecular weight excluding hydrogens is 220 g/mol. The zero-order chi connectivity index (χ0) is 12.4. The molecule has 1 saturated carbocycles. The van der Waals surface area contributed by atoms with E-state index in [2.05, 4.69) is 17.0 Å². The highest BCUT2D eigenvalue weighted by Crippen LogP contribution is 2.34. The Bertz CT molecular complexity index is 373. The molecule has 1 aliphatic carbocycles. The van der Waals surface area contributed by atoms with Crippen molar-refractivity contribution in [3.05, 3.63) is 29.8 Å². The number of nitrogens with two attached hydrogens (primary N) is 1. The molecule has 2 unspecified atom stereocenters. The Morgan fingerprint density at radius 3 is 2.39 bits per heavy atom. The summed E-state index contributed by atoms with van der Waals surface area (Å²) in [6, 6.07) is 8.36. The summed E-state index contributed by atoms with van der Waals surface area (Å²) >= 11 is 0. The first-order valence-corrected chi connectivity index (χ1v) is 7.36. The lowest BCUT2D eigenvalue weighted by molar-refractivity contribution is 0.0872. The Morgan fingerprint density at radius 1 is 1.06 bits per heavy atom. The van der Waals surface area contributed by atoms with Crippen molar-refractivity contribution >= 4 is 5.69 Å². The van der Waals surface area contributed by atoms with E-state index in [9.17, 15) is 0 Å². The van der Waals surface area contributed by atoms with Gasteiger partial charge in [-0.3, -0.25) is 0 Å². The Labute approximate surface area is 110 Å². The molecule has 2 aliphatic rings. The number of hydrogen-bond acceptors (Lipinski definition) is 2. The van der Waals surface area contributed by atoms with Crippen LogP contribution >= 0.6 is 0 Å². The largest absolute Gasteiger partial charge is 0.399 e. The van der Waals surface area contributed by atoms with E-state index in [0.717, 1.165) is 17.5 Å². The molecule has 1 aromatic carbocycles. The van der Waals surface area contributed by atoms with E-state index in [1.807, 2.05) is 12.1 Å². The minimum atomic E-state index is 0.867. The van der Waals surface area contributed by atoms with Crippen molar-refractivity contribution in [1.29, 1.82) is 0 Å². The summed E-state index contributed by atoms with van der Waals surface area (Å²) in [6.45, 7) is 3.90. The number of piperidine rings is 1. The highest BCUT2D eigenvalue weighted by Gasteiger charge is 2.29. The van der Waals surface area contributed by atoms with E-state index in [0.29, 0.717) is 0 Å². The molecule has 2 nitrogen and oxygen atoms in total. The number of nitrogen functional groups attached to an aromatic ring is 1. The monoisotopic (exact) mass is 244 g/mol. The average molecular weight is 244 g/mol. The van der Waals surface area contributed by atoms with Gasteiger partial charge in [0.15, 0.2) is 0 Å². The highest BCUT2D eigenvalue weighted by molar-refractivity contribution is 5.39. The third-order valence-corrected chi connectivity index (χ3v) is 4.62. The summed E-state index contributed by atoms with van der Waals surface area (Å²) < 4.78 is 0. The zero-order valence-corrected chi connectivity index (χ0v) is 11.1. The Morgan fingerprint density at radius 2 is 1.72 bits per heavy atom. The lowest BCUT2D eigenvalue weighted by Crippen LogP contribution is -2.43. The quantitative estimate of drug-likeness (QED) is 0.828. The SMILES string of the molecule is Nc1ccc(CCN2CC3CCCC(C3)C2)cc1. The van der Waals surface area contributed by atoms with Gasteiger partial charge in [-0.05, 0) is 55.2 Å². The van der Waals surface area contributed by atoms with Gasteiger partial charge in [0.2, 0.25) is 0 Å². The average Bonchev–Trinajstić information content (AvgIpc) is 2.38. The molecule has 18 heavy (non-hydrogen) atoms. The van der Waals surface area contributed by atoms with Gasteiger partial charge in [-0.2, -0.15) is 0 Å². The number of likely N-dealkylation sites (tertiary alicyclic amines) is 1. The topological polar surface area (TPSA) is 29.3 Å². The number of fused-ring (bicyclic) bond motifs is 2. The number of benzene rings is 1. The molecule has 0 radical (unpaired) electrons. The molecule has 3 rings (SSSR count). The second-order valence-corrected chi connectivity index (χ2v) is 6.15. The molecule has 2 bridgehead atoms. The molecule has 2 N–H and O–H groups in total. The number of anilines is 1. The third kappa shape index (κ3) is 2.86. The Balaban J connectivity index is 1.52. The fourth-order valence-corrected chi connectivity index (χ4v) is 3.69. The van der Waals surface area contributed by atoms with Crippen molar-refractivity contribution in [2.24, 2.45) is 11.8 Å². The molecule has 1 saturated heterocycles. The predicted molar refractivity (Wildman–Crippen MR) is 76.4 cm³/mol. The molecule has 1 aliphatic heterocycles. The summed E-state index contributed by atoms with van der Waals surface area (Å²) in [5, 5.41) is 0. The van der Waals surface area contributed by atoms with Gasteiger partial charge in [0.05, 0.1) is 0 Å². The van der Waals surface area contributed by atoms with Gasteiger partial charge in [-0.25, -0.2) is 0 Å². The van der Waals surface area contributed by atoms with Gasteiger partial charge in [-0.1, -0.05) is 18.6 Å². The van der Waals surface area contributed by atoms with E-state index in [-0.39, 0.29) is 0 Å². The molecule has 2 fully saturated rings. The number of nitrogens with zero attached hydrogens (tertiary/aromatic N) is 1. The third-order valence-electron chi connectivity index (χ3n) is 4.62. The molecular formula is C16H24N2. The van der Waals surface area contributed by atoms with Crippen LogP contribution in [0.15, 0.2) is 24.3 Å². The van der Waals surface area contributed by atoms with Crippen LogP contribution in [0.1, 0.15) is 31.2 Å². The maximum Gasteiger partial charge on any atom is 0.0314 e. The van der Waals surface area contributed by atoms with E-state index in [4.69, 9.17) is 5.73 Å². The van der Waals surface area contributed by atoms with Crippen molar-refractivity contribution in [2.75, 3.05) is 25.4 Å². The normalized spacial score (nSPS) is 28.2. The van der Waals surface area contributed by atoms with Crippen LogP contribution in [-0.2, 0) is 6.42 Å². The van der Waals surface area contributed by atoms with E-state index >= 15 is 0 Å². The smallest absolute Gasteiger partial charge is 0.0314 e. The maximum absolute atomic E-state index is 5.72. The van der Waals surface area contributed by atoms with E-state index < -0.39 is 0 Å². The first kappa shape index (κ1) is 12.0. The number of hydrogen-bond donors (Lipinski definition) is 1. The number of rotatable bonds is 3. The van der Waals surface area contributed by atoms with Gasteiger partial charge in [0.25, 0.3) is 0 Å². The zero-order valence-electron chi connectivity index (χ0n) is 11.1. The van der Waals surface area contributed by atoms with Crippen LogP contribution in [0, 0.1) is 11.8 Å². The van der Waals surface area contributed by atoms with Crippen LogP contribution in [0.3, 0.4) is 0 Å². The Kier molecular flexibility index (Phi) is 3.55. The van der Waals surface area contributed by atoms with Crippen LogP contribution in [0.4, 0.5) is 5.69 Å². The molecule has 2 heteroatoms. The minimum absolute atomic E-state index is 0.867. The highest BCUT2D eigenvalue weighted by atomic mass is 15.1. The fraction of sp³-hybridized carbons (Fsp3) is 0.625. The van der Waals surface area contributed by atoms with Gasteiger partial charge < -0.3 is 10.6 Å². The lowest BCUT2D eigenvalue weighted by Gasteiger charge is -2.41. The van der Waals surface area contributed by atoms with Gasteiger partial charge in [0, 0.05) is 25.3 Å². The molecule has 0 aromatic heterocycles. The van der Waals surface area contributed by atoms with Crippen LogP contribution in [0.2, 0.25) is 0 Å². The maximum atomic E-state index is 5.72. The van der Waals surface area contributed by atoms with Crippen molar-refractivity contribution in [1.82, 2.24) is 4.90 Å². The van der Waals surface area contributed by atoms with Gasteiger partial charge >= 0.3 is 0 Å². The minimum Gasteiger partial charge on any atom is -0.399 e. The van der Waals surface area contributed by atoms with Crippen molar-refractivity contribution < 1.29 is 0 Å². The molecule has 98 valence electrons. The van der Waals surface area contributed by atoms with Crippen LogP contribution < -0.4 is 5.73 Å². The molecule has 1 aromatic rings. The van der Waals surface area contributed by atoms with Gasteiger partial charge in [0.1, 0.15) is 0 Å². The molecule has 1 heterocycles. The first-order valence-electron chi connectivity index (χ1n) is 7.36. The van der Waals surface area contributed by atoms with Crippen molar-refractivity contribution in [3.8, 4) is 0 Å². The van der Waals surface area contributed by atoms with Crippen LogP contribution in [-0.4, -0.2) is 24.5 Å².